The van der Waals surface area contributed by atoms with Crippen LogP contribution in [0.5, 0.6) is 0 Å². The fourth-order valence-corrected chi connectivity index (χ4v) is 1.14. The van der Waals surface area contributed by atoms with Gasteiger partial charge in [0, 0.05) is 19.2 Å². The predicted molar refractivity (Wildman–Crippen MR) is 56.6 cm³/mol. The lowest BCUT2D eigenvalue weighted by Crippen LogP contribution is -2.30. The van der Waals surface area contributed by atoms with Crippen LogP contribution in [0.4, 0.5) is 0 Å². The molecule has 6 heteroatoms. The Hall–Kier alpha value is -1.85. The van der Waals surface area contributed by atoms with Gasteiger partial charge in [-0.25, -0.2) is 0 Å². The molecule has 1 aromatic rings. The Morgan fingerprint density at radius 2 is 2.31 bits per heavy atom. The molecule has 0 unspecified atom stereocenters. The van der Waals surface area contributed by atoms with Crippen molar-refractivity contribution in [3.05, 3.63) is 18.0 Å². The number of methoxy groups -OCH3 is 1. The molecule has 0 aromatic carbocycles. The number of carbonyl (C=O) groups is 2. The maximum absolute atomic E-state index is 11.3. The molecular formula is C10H15N3O3. The Balaban J connectivity index is 2.22. The van der Waals surface area contributed by atoms with Gasteiger partial charge in [0.15, 0.2) is 0 Å². The number of ether oxygens (including phenoxy) is 1. The maximum Gasteiger partial charge on any atom is 0.325 e. The lowest BCUT2D eigenvalue weighted by Gasteiger charge is -2.03. The van der Waals surface area contributed by atoms with E-state index in [1.165, 1.54) is 7.11 Å². The Kier molecular flexibility index (Phi) is 4.50. The van der Waals surface area contributed by atoms with Crippen molar-refractivity contribution in [2.75, 3.05) is 13.7 Å². The Bertz CT molecular complexity index is 373. The number of nitrogens with zero attached hydrogens (tertiary/aromatic N) is 2. The van der Waals surface area contributed by atoms with Gasteiger partial charge in [-0.05, 0) is 13.0 Å². The molecule has 0 saturated heterocycles. The van der Waals surface area contributed by atoms with E-state index < -0.39 is 5.97 Å². The zero-order chi connectivity index (χ0) is 12.0. The second kappa shape index (κ2) is 5.89. The van der Waals surface area contributed by atoms with Crippen LogP contribution >= 0.6 is 0 Å². The fourth-order valence-electron chi connectivity index (χ4n) is 1.14. The van der Waals surface area contributed by atoms with Gasteiger partial charge in [0.2, 0.25) is 5.91 Å². The summed E-state index contributed by atoms with van der Waals surface area (Å²) in [5, 5.41) is 6.59. The molecule has 1 aromatic heterocycles. The zero-order valence-electron chi connectivity index (χ0n) is 9.40. The highest BCUT2D eigenvalue weighted by molar-refractivity contribution is 5.81. The molecule has 88 valence electrons. The van der Waals surface area contributed by atoms with Crippen LogP contribution in [0.1, 0.15) is 12.1 Å². The molecule has 0 fully saturated rings. The number of esters is 1. The first-order valence-electron chi connectivity index (χ1n) is 4.95. The van der Waals surface area contributed by atoms with Gasteiger partial charge < -0.3 is 10.1 Å². The number of carbonyl (C=O) groups excluding carboxylic acids is 2. The van der Waals surface area contributed by atoms with E-state index in [1.54, 1.807) is 4.68 Å². The largest absolute Gasteiger partial charge is 0.468 e. The molecule has 0 spiro atoms. The van der Waals surface area contributed by atoms with Crippen LogP contribution in [0.3, 0.4) is 0 Å². The van der Waals surface area contributed by atoms with E-state index in [1.807, 2.05) is 19.2 Å². The molecule has 16 heavy (non-hydrogen) atoms. The highest BCUT2D eigenvalue weighted by atomic mass is 16.5. The van der Waals surface area contributed by atoms with Crippen molar-refractivity contribution in [2.24, 2.45) is 0 Å². The number of rotatable bonds is 5. The van der Waals surface area contributed by atoms with Gasteiger partial charge in [0.05, 0.1) is 12.8 Å². The van der Waals surface area contributed by atoms with Gasteiger partial charge in [-0.15, -0.1) is 0 Å². The highest BCUT2D eigenvalue weighted by Crippen LogP contribution is 1.94. The molecule has 1 rings (SSSR count). The first-order chi connectivity index (χ1) is 7.61. The lowest BCUT2D eigenvalue weighted by atomic mass is 10.4. The molecule has 0 radical (unpaired) electrons. The van der Waals surface area contributed by atoms with Crippen molar-refractivity contribution in [3.8, 4) is 0 Å². The Labute approximate surface area is 93.6 Å². The van der Waals surface area contributed by atoms with Crippen molar-refractivity contribution >= 4 is 11.9 Å². The normalized spacial score (nSPS) is 9.88. The molecule has 6 nitrogen and oxygen atoms in total. The number of amides is 1. The number of hydrogen-bond donors (Lipinski definition) is 1. The Morgan fingerprint density at radius 1 is 1.56 bits per heavy atom. The van der Waals surface area contributed by atoms with Crippen LogP contribution in [0, 0.1) is 6.92 Å². The van der Waals surface area contributed by atoms with Crippen LogP contribution in [0.25, 0.3) is 0 Å². The SMILES string of the molecule is COC(=O)CNC(=O)CCn1ccc(C)n1. The van der Waals surface area contributed by atoms with Crippen LogP contribution in [-0.4, -0.2) is 35.3 Å². The van der Waals surface area contributed by atoms with Gasteiger partial charge in [-0.1, -0.05) is 0 Å². The van der Waals surface area contributed by atoms with Gasteiger partial charge >= 0.3 is 5.97 Å². The number of nitrogens with one attached hydrogen (secondary N) is 1. The van der Waals surface area contributed by atoms with Crippen molar-refractivity contribution in [2.45, 2.75) is 19.9 Å². The second-order valence-electron chi connectivity index (χ2n) is 3.32. The lowest BCUT2D eigenvalue weighted by molar-refractivity contribution is -0.141. The summed E-state index contributed by atoms with van der Waals surface area (Å²) < 4.78 is 6.08. The van der Waals surface area contributed by atoms with E-state index in [4.69, 9.17) is 0 Å². The zero-order valence-corrected chi connectivity index (χ0v) is 9.40. The monoisotopic (exact) mass is 225 g/mol. The number of aromatic nitrogens is 2. The third-order valence-electron chi connectivity index (χ3n) is 2.00. The minimum Gasteiger partial charge on any atom is -0.468 e. The van der Waals surface area contributed by atoms with Crippen molar-refractivity contribution in [1.82, 2.24) is 15.1 Å². The molecule has 0 aliphatic carbocycles. The van der Waals surface area contributed by atoms with Crippen molar-refractivity contribution in [1.29, 1.82) is 0 Å². The first kappa shape index (κ1) is 12.2. The molecule has 0 aliphatic heterocycles. The average molecular weight is 225 g/mol. The molecule has 0 saturated carbocycles. The Morgan fingerprint density at radius 3 is 2.88 bits per heavy atom. The van der Waals surface area contributed by atoms with Crippen molar-refractivity contribution < 1.29 is 14.3 Å². The third kappa shape index (κ3) is 4.12. The van der Waals surface area contributed by atoms with Gasteiger partial charge in [0.1, 0.15) is 6.54 Å². The van der Waals surface area contributed by atoms with E-state index in [0.29, 0.717) is 6.54 Å². The molecule has 0 atom stereocenters. The van der Waals surface area contributed by atoms with Gasteiger partial charge in [0.25, 0.3) is 0 Å². The van der Waals surface area contributed by atoms with Crippen LogP contribution in [-0.2, 0) is 20.9 Å². The topological polar surface area (TPSA) is 73.2 Å². The summed E-state index contributed by atoms with van der Waals surface area (Å²) in [4.78, 5) is 22.0. The quantitative estimate of drug-likeness (QED) is 0.708. The van der Waals surface area contributed by atoms with Crippen LogP contribution in [0.2, 0.25) is 0 Å². The van der Waals surface area contributed by atoms with E-state index in [-0.39, 0.29) is 18.9 Å². The summed E-state index contributed by atoms with van der Waals surface area (Å²) in [5.74, 6) is -0.651. The minimum absolute atomic E-state index is 0.0898. The molecule has 1 heterocycles. The number of aryl methyl sites for hydroxylation is 2. The first-order valence-corrected chi connectivity index (χ1v) is 4.95. The van der Waals surface area contributed by atoms with Gasteiger partial charge in [-0.3, -0.25) is 14.3 Å². The van der Waals surface area contributed by atoms with Crippen LogP contribution in [0.15, 0.2) is 12.3 Å². The van der Waals surface area contributed by atoms with Crippen molar-refractivity contribution in [3.63, 3.8) is 0 Å². The molecule has 1 amide bonds. The summed E-state index contributed by atoms with van der Waals surface area (Å²) in [6.07, 6.45) is 2.10. The summed E-state index contributed by atoms with van der Waals surface area (Å²) in [6.45, 7) is 2.29. The summed E-state index contributed by atoms with van der Waals surface area (Å²) in [7, 11) is 1.28. The molecule has 0 bridgehead atoms. The second-order valence-corrected chi connectivity index (χ2v) is 3.32. The highest BCUT2D eigenvalue weighted by Gasteiger charge is 2.05. The van der Waals surface area contributed by atoms with E-state index in [0.717, 1.165) is 5.69 Å². The van der Waals surface area contributed by atoms with Crippen LogP contribution < -0.4 is 5.32 Å². The van der Waals surface area contributed by atoms with E-state index >= 15 is 0 Å². The third-order valence-corrected chi connectivity index (χ3v) is 2.00. The minimum atomic E-state index is -0.455. The summed E-state index contributed by atoms with van der Waals surface area (Å²) >= 11 is 0. The average Bonchev–Trinajstić information content (AvgIpc) is 2.69. The fraction of sp³-hybridized carbons (Fsp3) is 0.500. The predicted octanol–water partition coefficient (Wildman–Crippen LogP) is -0.129. The maximum atomic E-state index is 11.3. The molecular weight excluding hydrogens is 210 g/mol. The summed E-state index contributed by atoms with van der Waals surface area (Å²) in [6, 6.07) is 1.87. The number of hydrogen-bond acceptors (Lipinski definition) is 4. The standard InChI is InChI=1S/C10H15N3O3/c1-8-3-5-13(12-8)6-4-9(14)11-7-10(15)16-2/h3,5H,4,6-7H2,1-2H3,(H,11,14). The molecule has 0 aliphatic rings. The van der Waals surface area contributed by atoms with Gasteiger partial charge in [-0.2, -0.15) is 5.10 Å². The smallest absolute Gasteiger partial charge is 0.325 e. The molecule has 1 N–H and O–H groups in total. The van der Waals surface area contributed by atoms with E-state index in [9.17, 15) is 9.59 Å². The summed E-state index contributed by atoms with van der Waals surface area (Å²) in [5.41, 5.74) is 0.912. The van der Waals surface area contributed by atoms with E-state index in [2.05, 4.69) is 15.2 Å².